The van der Waals surface area contributed by atoms with Crippen LogP contribution < -0.4 is 0 Å². The lowest BCUT2D eigenvalue weighted by Crippen LogP contribution is -2.14. The van der Waals surface area contributed by atoms with Gasteiger partial charge in [0.05, 0.1) is 18.7 Å². The number of aromatic amines is 1. The fraction of sp³-hybridized carbons (Fsp3) is 0.316. The highest BCUT2D eigenvalue weighted by Crippen LogP contribution is 2.28. The van der Waals surface area contributed by atoms with Gasteiger partial charge < -0.3 is 14.5 Å². The van der Waals surface area contributed by atoms with Crippen molar-refractivity contribution >= 4 is 33.7 Å². The summed E-state index contributed by atoms with van der Waals surface area (Å²) in [6.07, 6.45) is 1.42. The van der Waals surface area contributed by atoms with Crippen LogP contribution in [-0.4, -0.2) is 35.1 Å². The van der Waals surface area contributed by atoms with E-state index in [-0.39, 0.29) is 11.4 Å². The standard InChI is InChI=1S/C19H20N2O4/c1-3-9-24-18(22)15-11-13-12-7-5-6-8-14(12)20-16(13)17(21-15)19(23)25-10-4-2/h5-8,11,20H,3-4,9-10H2,1-2H3. The number of hydrogen-bond acceptors (Lipinski definition) is 5. The third-order valence-corrected chi connectivity index (χ3v) is 3.77. The third kappa shape index (κ3) is 3.33. The van der Waals surface area contributed by atoms with Crippen LogP contribution in [0.5, 0.6) is 0 Å². The summed E-state index contributed by atoms with van der Waals surface area (Å²) in [6, 6.07) is 9.29. The number of para-hydroxylation sites is 1. The van der Waals surface area contributed by atoms with Gasteiger partial charge in [-0.15, -0.1) is 0 Å². The first-order valence-corrected chi connectivity index (χ1v) is 8.41. The lowest BCUT2D eigenvalue weighted by molar-refractivity contribution is 0.0491. The Morgan fingerprint density at radius 2 is 1.68 bits per heavy atom. The minimum Gasteiger partial charge on any atom is -0.461 e. The van der Waals surface area contributed by atoms with E-state index in [1.165, 1.54) is 0 Å². The molecule has 3 rings (SSSR count). The zero-order valence-electron chi connectivity index (χ0n) is 14.3. The van der Waals surface area contributed by atoms with E-state index in [9.17, 15) is 9.59 Å². The van der Waals surface area contributed by atoms with E-state index >= 15 is 0 Å². The smallest absolute Gasteiger partial charge is 0.359 e. The second-order valence-electron chi connectivity index (χ2n) is 5.72. The molecule has 130 valence electrons. The summed E-state index contributed by atoms with van der Waals surface area (Å²) < 4.78 is 10.4. The molecule has 0 saturated heterocycles. The number of nitrogens with zero attached hydrogens (tertiary/aromatic N) is 1. The number of carbonyl (C=O) groups is 2. The van der Waals surface area contributed by atoms with Gasteiger partial charge in [0.25, 0.3) is 0 Å². The fourth-order valence-electron chi connectivity index (χ4n) is 2.63. The van der Waals surface area contributed by atoms with E-state index in [1.54, 1.807) is 6.07 Å². The van der Waals surface area contributed by atoms with Crippen LogP contribution in [-0.2, 0) is 9.47 Å². The molecule has 0 spiro atoms. The van der Waals surface area contributed by atoms with Crippen molar-refractivity contribution in [1.29, 1.82) is 0 Å². The molecule has 1 aromatic carbocycles. The van der Waals surface area contributed by atoms with Crippen LogP contribution in [0.25, 0.3) is 21.8 Å². The lowest BCUT2D eigenvalue weighted by atomic mass is 10.1. The van der Waals surface area contributed by atoms with Gasteiger partial charge in [-0.1, -0.05) is 32.0 Å². The highest BCUT2D eigenvalue weighted by molar-refractivity contribution is 6.14. The van der Waals surface area contributed by atoms with Crippen molar-refractivity contribution in [2.75, 3.05) is 13.2 Å². The van der Waals surface area contributed by atoms with E-state index in [4.69, 9.17) is 9.47 Å². The van der Waals surface area contributed by atoms with E-state index in [0.717, 1.165) is 16.3 Å². The van der Waals surface area contributed by atoms with Crippen LogP contribution in [0.4, 0.5) is 0 Å². The minimum absolute atomic E-state index is 0.102. The van der Waals surface area contributed by atoms with Gasteiger partial charge in [-0.3, -0.25) is 0 Å². The van der Waals surface area contributed by atoms with Crippen LogP contribution in [0.2, 0.25) is 0 Å². The summed E-state index contributed by atoms with van der Waals surface area (Å²) in [6.45, 7) is 4.43. The van der Waals surface area contributed by atoms with Gasteiger partial charge in [0.2, 0.25) is 0 Å². The normalized spacial score (nSPS) is 11.0. The number of pyridine rings is 1. The zero-order valence-corrected chi connectivity index (χ0v) is 14.3. The third-order valence-electron chi connectivity index (χ3n) is 3.77. The molecule has 0 aliphatic heterocycles. The van der Waals surface area contributed by atoms with E-state index in [0.29, 0.717) is 31.6 Å². The van der Waals surface area contributed by atoms with Crippen molar-refractivity contribution < 1.29 is 19.1 Å². The van der Waals surface area contributed by atoms with Crippen molar-refractivity contribution in [1.82, 2.24) is 9.97 Å². The summed E-state index contributed by atoms with van der Waals surface area (Å²) in [7, 11) is 0. The number of carbonyl (C=O) groups excluding carboxylic acids is 2. The largest absolute Gasteiger partial charge is 0.461 e. The monoisotopic (exact) mass is 340 g/mol. The average molecular weight is 340 g/mol. The molecule has 2 heterocycles. The topological polar surface area (TPSA) is 81.3 Å². The number of ether oxygens (including phenoxy) is 2. The van der Waals surface area contributed by atoms with Gasteiger partial charge in [-0.05, 0) is 25.0 Å². The average Bonchev–Trinajstić information content (AvgIpc) is 3.02. The highest BCUT2D eigenvalue weighted by atomic mass is 16.5. The van der Waals surface area contributed by atoms with Crippen molar-refractivity contribution in [2.24, 2.45) is 0 Å². The summed E-state index contributed by atoms with van der Waals surface area (Å²) in [5.41, 5.74) is 1.64. The first kappa shape index (κ1) is 17.0. The molecule has 6 nitrogen and oxygen atoms in total. The van der Waals surface area contributed by atoms with Crippen LogP contribution in [0, 0.1) is 0 Å². The SMILES string of the molecule is CCCOC(=O)c1cc2c([nH]c3ccccc32)c(C(=O)OCCC)n1. The summed E-state index contributed by atoms with van der Waals surface area (Å²) in [4.78, 5) is 32.1. The summed E-state index contributed by atoms with van der Waals surface area (Å²) in [5.74, 6) is -1.10. The molecule has 6 heteroatoms. The molecule has 0 saturated carbocycles. The Morgan fingerprint density at radius 1 is 1.00 bits per heavy atom. The molecule has 3 aromatic rings. The van der Waals surface area contributed by atoms with Crippen LogP contribution >= 0.6 is 0 Å². The number of esters is 2. The molecule has 0 radical (unpaired) electrons. The molecule has 0 atom stereocenters. The molecule has 2 aromatic heterocycles. The highest BCUT2D eigenvalue weighted by Gasteiger charge is 2.21. The van der Waals surface area contributed by atoms with Gasteiger partial charge in [-0.2, -0.15) is 0 Å². The molecule has 0 amide bonds. The van der Waals surface area contributed by atoms with E-state index in [2.05, 4.69) is 9.97 Å². The Hall–Kier alpha value is -2.89. The maximum Gasteiger partial charge on any atom is 0.359 e. The molecule has 25 heavy (non-hydrogen) atoms. The maximum absolute atomic E-state index is 12.4. The molecule has 0 aliphatic carbocycles. The lowest BCUT2D eigenvalue weighted by Gasteiger charge is -2.07. The Kier molecular flexibility index (Phi) is 4.97. The number of rotatable bonds is 6. The molecular weight excluding hydrogens is 320 g/mol. The number of benzene rings is 1. The predicted molar refractivity (Wildman–Crippen MR) is 94.7 cm³/mol. The van der Waals surface area contributed by atoms with E-state index in [1.807, 2.05) is 38.1 Å². The van der Waals surface area contributed by atoms with Crippen molar-refractivity contribution in [3.63, 3.8) is 0 Å². The van der Waals surface area contributed by atoms with Gasteiger partial charge in [-0.25, -0.2) is 14.6 Å². The van der Waals surface area contributed by atoms with Crippen molar-refractivity contribution in [2.45, 2.75) is 26.7 Å². The molecule has 0 bridgehead atoms. The van der Waals surface area contributed by atoms with Gasteiger partial charge in [0, 0.05) is 16.3 Å². The zero-order chi connectivity index (χ0) is 17.8. The predicted octanol–water partition coefficient (Wildman–Crippen LogP) is 3.85. The quantitative estimate of drug-likeness (QED) is 0.689. The molecular formula is C19H20N2O4. The molecule has 0 fully saturated rings. The summed E-state index contributed by atoms with van der Waals surface area (Å²) >= 11 is 0. The van der Waals surface area contributed by atoms with Gasteiger partial charge in [0.15, 0.2) is 5.69 Å². The van der Waals surface area contributed by atoms with Gasteiger partial charge in [0.1, 0.15) is 5.69 Å². The number of H-pyrrole nitrogens is 1. The van der Waals surface area contributed by atoms with E-state index < -0.39 is 11.9 Å². The molecule has 1 N–H and O–H groups in total. The first-order chi connectivity index (χ1) is 12.2. The van der Waals surface area contributed by atoms with Crippen LogP contribution in [0.3, 0.4) is 0 Å². The first-order valence-electron chi connectivity index (χ1n) is 8.41. The van der Waals surface area contributed by atoms with Gasteiger partial charge >= 0.3 is 11.9 Å². The second kappa shape index (κ2) is 7.34. The Morgan fingerprint density at radius 3 is 2.40 bits per heavy atom. The number of fused-ring (bicyclic) bond motifs is 3. The number of nitrogens with one attached hydrogen (secondary N) is 1. The Labute approximate surface area is 145 Å². The second-order valence-corrected chi connectivity index (χ2v) is 5.72. The Bertz CT molecular complexity index is 930. The Balaban J connectivity index is 2.16. The minimum atomic E-state index is -0.552. The number of aromatic nitrogens is 2. The summed E-state index contributed by atoms with van der Waals surface area (Å²) in [5, 5.41) is 1.66. The van der Waals surface area contributed by atoms with Crippen molar-refractivity contribution in [3.05, 3.63) is 41.7 Å². The van der Waals surface area contributed by atoms with Crippen LogP contribution in [0.1, 0.15) is 47.7 Å². The van der Waals surface area contributed by atoms with Crippen LogP contribution in [0.15, 0.2) is 30.3 Å². The fourth-order valence-corrected chi connectivity index (χ4v) is 2.63. The molecule has 0 unspecified atom stereocenters. The maximum atomic E-state index is 12.4. The molecule has 0 aliphatic rings. The number of hydrogen-bond donors (Lipinski definition) is 1. The van der Waals surface area contributed by atoms with Crippen molar-refractivity contribution in [3.8, 4) is 0 Å².